The molecule has 0 aliphatic heterocycles. The van der Waals surface area contributed by atoms with E-state index in [4.69, 9.17) is 0 Å². The summed E-state index contributed by atoms with van der Waals surface area (Å²) in [5, 5.41) is 0. The van der Waals surface area contributed by atoms with Crippen LogP contribution in [0.25, 0.3) is 0 Å². The van der Waals surface area contributed by atoms with Crippen LogP contribution in [0.15, 0.2) is 0 Å². The Bertz CT molecular complexity index is 200. The normalized spacial score (nSPS) is 11.1. The highest BCUT2D eigenvalue weighted by Gasteiger charge is 2.29. The highest BCUT2D eigenvalue weighted by Crippen LogP contribution is 2.17. The predicted octanol–water partition coefficient (Wildman–Crippen LogP) is 2.10. The standard InChI is InChI=1S/C7H12INO2S/c1-7(2,3)9(6(8)11)5(10)4-12/h12H,4H2,1-3H3. The molecule has 0 saturated heterocycles. The summed E-state index contributed by atoms with van der Waals surface area (Å²) in [7, 11) is 0. The van der Waals surface area contributed by atoms with Crippen molar-refractivity contribution >= 4 is 45.0 Å². The average molecular weight is 301 g/mol. The number of amides is 2. The minimum absolute atomic E-state index is 0.0615. The van der Waals surface area contributed by atoms with Crippen LogP contribution in [-0.4, -0.2) is 26.0 Å². The molecule has 0 heterocycles. The lowest BCUT2D eigenvalue weighted by Gasteiger charge is -2.31. The van der Waals surface area contributed by atoms with Crippen LogP contribution < -0.4 is 0 Å². The van der Waals surface area contributed by atoms with Gasteiger partial charge in [-0.05, 0) is 20.8 Å². The molecule has 70 valence electrons. The molecule has 0 aromatic carbocycles. The Kier molecular flexibility index (Phi) is 4.54. The van der Waals surface area contributed by atoms with Gasteiger partial charge in [-0.3, -0.25) is 14.5 Å². The van der Waals surface area contributed by atoms with E-state index in [9.17, 15) is 9.59 Å². The first-order valence-electron chi connectivity index (χ1n) is 3.44. The van der Waals surface area contributed by atoms with Gasteiger partial charge in [-0.15, -0.1) is 0 Å². The lowest BCUT2D eigenvalue weighted by molar-refractivity contribution is -0.128. The zero-order valence-electron chi connectivity index (χ0n) is 7.30. The van der Waals surface area contributed by atoms with Gasteiger partial charge in [0, 0.05) is 28.1 Å². The fraction of sp³-hybridized carbons (Fsp3) is 0.714. The van der Waals surface area contributed by atoms with Crippen LogP contribution in [0.3, 0.4) is 0 Å². The van der Waals surface area contributed by atoms with E-state index in [1.165, 1.54) is 4.90 Å². The van der Waals surface area contributed by atoms with Crippen molar-refractivity contribution in [1.29, 1.82) is 0 Å². The van der Waals surface area contributed by atoms with Crippen LogP contribution in [-0.2, 0) is 4.79 Å². The number of nitrogens with zero attached hydrogens (tertiary/aromatic N) is 1. The molecule has 2 amide bonds. The van der Waals surface area contributed by atoms with Crippen molar-refractivity contribution in [2.45, 2.75) is 26.3 Å². The van der Waals surface area contributed by atoms with E-state index >= 15 is 0 Å². The maximum Gasteiger partial charge on any atom is 0.290 e. The Morgan fingerprint density at radius 1 is 1.42 bits per heavy atom. The number of rotatable bonds is 1. The first kappa shape index (κ1) is 12.2. The Labute approximate surface area is 91.4 Å². The minimum atomic E-state index is -0.460. The number of carbonyl (C=O) groups excluding carboxylic acids is 2. The minimum Gasteiger partial charge on any atom is -0.273 e. The van der Waals surface area contributed by atoms with Crippen molar-refractivity contribution < 1.29 is 9.59 Å². The maximum absolute atomic E-state index is 11.2. The largest absolute Gasteiger partial charge is 0.290 e. The highest BCUT2D eigenvalue weighted by molar-refractivity contribution is 14.1. The van der Waals surface area contributed by atoms with Crippen molar-refractivity contribution in [3.8, 4) is 0 Å². The monoisotopic (exact) mass is 301 g/mol. The van der Waals surface area contributed by atoms with Crippen LogP contribution in [0, 0.1) is 0 Å². The summed E-state index contributed by atoms with van der Waals surface area (Å²) in [6.07, 6.45) is 0. The van der Waals surface area contributed by atoms with Gasteiger partial charge in [-0.2, -0.15) is 12.6 Å². The smallest absolute Gasteiger partial charge is 0.273 e. The maximum atomic E-state index is 11.2. The molecule has 0 rings (SSSR count). The first-order chi connectivity index (χ1) is 5.30. The van der Waals surface area contributed by atoms with Crippen molar-refractivity contribution in [1.82, 2.24) is 4.90 Å². The molecule has 0 unspecified atom stereocenters. The van der Waals surface area contributed by atoms with Gasteiger partial charge in [-0.25, -0.2) is 0 Å². The number of thiol groups is 1. The molecule has 0 aromatic rings. The molecule has 0 spiro atoms. The fourth-order valence-electron chi connectivity index (χ4n) is 0.807. The van der Waals surface area contributed by atoms with Gasteiger partial charge in [0.2, 0.25) is 5.91 Å². The summed E-state index contributed by atoms with van der Waals surface area (Å²) in [4.78, 5) is 23.5. The third-order valence-electron chi connectivity index (χ3n) is 1.23. The Hall–Kier alpha value is 0.220. The van der Waals surface area contributed by atoms with E-state index < -0.39 is 5.54 Å². The lowest BCUT2D eigenvalue weighted by atomic mass is 10.1. The summed E-state index contributed by atoms with van der Waals surface area (Å²) < 4.78 is -0.265. The van der Waals surface area contributed by atoms with E-state index in [1.54, 1.807) is 22.6 Å². The average Bonchev–Trinajstić information content (AvgIpc) is 1.83. The topological polar surface area (TPSA) is 37.4 Å². The highest BCUT2D eigenvalue weighted by atomic mass is 127. The third kappa shape index (κ3) is 3.30. The zero-order chi connectivity index (χ0) is 9.94. The molecule has 0 aliphatic carbocycles. The molecule has 5 heteroatoms. The Morgan fingerprint density at radius 3 is 1.92 bits per heavy atom. The van der Waals surface area contributed by atoms with Gasteiger partial charge in [0.1, 0.15) is 0 Å². The van der Waals surface area contributed by atoms with Gasteiger partial charge < -0.3 is 0 Å². The van der Waals surface area contributed by atoms with Crippen molar-refractivity contribution in [3.05, 3.63) is 0 Å². The first-order valence-corrected chi connectivity index (χ1v) is 5.15. The van der Waals surface area contributed by atoms with E-state index in [0.717, 1.165) is 0 Å². The fourth-order valence-corrected chi connectivity index (χ4v) is 1.94. The molecule has 0 atom stereocenters. The number of hydrogen-bond donors (Lipinski definition) is 1. The molecule has 0 aromatic heterocycles. The lowest BCUT2D eigenvalue weighted by Crippen LogP contribution is -2.47. The van der Waals surface area contributed by atoms with Gasteiger partial charge in [0.25, 0.3) is 3.91 Å². The number of carbonyl (C=O) groups is 2. The molecule has 0 N–H and O–H groups in total. The molecule has 0 radical (unpaired) electrons. The SMILES string of the molecule is CC(C)(C)N(C(=O)I)C(=O)CS. The number of halogens is 1. The third-order valence-corrected chi connectivity index (χ3v) is 1.98. The molecular weight excluding hydrogens is 289 g/mol. The van der Waals surface area contributed by atoms with Crippen molar-refractivity contribution in [2.24, 2.45) is 0 Å². The second-order valence-electron chi connectivity index (χ2n) is 3.31. The number of hydrogen-bond acceptors (Lipinski definition) is 3. The summed E-state index contributed by atoms with van der Waals surface area (Å²) in [6.45, 7) is 5.43. The molecule has 0 fully saturated rings. The molecule has 12 heavy (non-hydrogen) atoms. The summed E-state index contributed by atoms with van der Waals surface area (Å²) in [5.74, 6) is -0.198. The van der Waals surface area contributed by atoms with Crippen molar-refractivity contribution in [3.63, 3.8) is 0 Å². The molecule has 0 saturated carbocycles. The molecule has 0 aliphatic rings. The van der Waals surface area contributed by atoms with E-state index in [0.29, 0.717) is 0 Å². The van der Waals surface area contributed by atoms with Crippen molar-refractivity contribution in [2.75, 3.05) is 5.75 Å². The summed E-state index contributed by atoms with van der Waals surface area (Å²) in [5.41, 5.74) is -0.460. The number of imide groups is 1. The van der Waals surface area contributed by atoms with Gasteiger partial charge >= 0.3 is 0 Å². The summed E-state index contributed by atoms with van der Waals surface area (Å²) >= 11 is 5.44. The second-order valence-corrected chi connectivity index (χ2v) is 4.55. The van der Waals surface area contributed by atoms with Gasteiger partial charge in [-0.1, -0.05) is 0 Å². The molecular formula is C7H12INO2S. The quantitative estimate of drug-likeness (QED) is 0.348. The summed E-state index contributed by atoms with van der Waals surface area (Å²) in [6, 6.07) is 0. The van der Waals surface area contributed by atoms with Crippen LogP contribution >= 0.6 is 35.2 Å². The molecule has 0 bridgehead atoms. The predicted molar refractivity (Wildman–Crippen MR) is 59.9 cm³/mol. The van der Waals surface area contributed by atoms with Crippen LogP contribution in [0.4, 0.5) is 4.79 Å². The van der Waals surface area contributed by atoms with E-state index in [-0.39, 0.29) is 15.6 Å². The van der Waals surface area contributed by atoms with Crippen LogP contribution in [0.5, 0.6) is 0 Å². The second kappa shape index (κ2) is 4.45. The van der Waals surface area contributed by atoms with Gasteiger partial charge in [0.05, 0.1) is 5.75 Å². The zero-order valence-corrected chi connectivity index (χ0v) is 10.3. The Balaban J connectivity index is 4.68. The van der Waals surface area contributed by atoms with Crippen LogP contribution in [0.2, 0.25) is 0 Å². The Morgan fingerprint density at radius 2 is 1.83 bits per heavy atom. The van der Waals surface area contributed by atoms with E-state index in [1.807, 2.05) is 20.8 Å². The molecule has 3 nitrogen and oxygen atoms in total. The van der Waals surface area contributed by atoms with Gasteiger partial charge in [0.15, 0.2) is 0 Å². The van der Waals surface area contributed by atoms with Crippen LogP contribution in [0.1, 0.15) is 20.8 Å². The van der Waals surface area contributed by atoms with E-state index in [2.05, 4.69) is 12.6 Å².